The number of alkyl halides is 2. The molecule has 0 spiro atoms. The van der Waals surface area contributed by atoms with Crippen LogP contribution >= 0.6 is 7.14 Å². The van der Waals surface area contributed by atoms with Gasteiger partial charge in [-0.3, -0.25) is 4.79 Å². The number of fused-ring (bicyclic) bond motifs is 9. The lowest BCUT2D eigenvalue weighted by molar-refractivity contribution is -0.0507. The Labute approximate surface area is 240 Å². The molecule has 1 N–H and O–H groups in total. The molecule has 0 saturated heterocycles. The fraction of sp³-hybridized carbons (Fsp3) is 0.286. The first kappa shape index (κ1) is 28.6. The van der Waals surface area contributed by atoms with Crippen LogP contribution < -0.4 is 4.74 Å². The van der Waals surface area contributed by atoms with Crippen molar-refractivity contribution in [3.05, 3.63) is 82.7 Å². The number of carbonyl (C=O) groups is 1. The Kier molecular flexibility index (Phi) is 6.62. The summed E-state index contributed by atoms with van der Waals surface area (Å²) < 4.78 is 75.5. The second-order valence-corrected chi connectivity index (χ2v) is 14.5. The molecule has 3 aromatic carbocycles. The zero-order chi connectivity index (χ0) is 30.3. The first-order chi connectivity index (χ1) is 19.6. The molecule has 3 heterocycles. The summed E-state index contributed by atoms with van der Waals surface area (Å²) in [5, 5.41) is 10.6. The molecule has 1 aromatic heterocycles. The van der Waals surface area contributed by atoms with Crippen molar-refractivity contribution in [1.82, 2.24) is 14.5 Å². The number of hydrogen-bond donors (Lipinski definition) is 1. The first-order valence-electron chi connectivity index (χ1n) is 12.9. The zero-order valence-corrected chi connectivity index (χ0v) is 23.3. The number of nitrogens with zero attached hydrogens (tertiary/aromatic N) is 3. The molecule has 0 aliphatic carbocycles. The normalized spacial score (nSPS) is 18.4. The molecule has 1 amide bonds. The zero-order valence-electron chi connectivity index (χ0n) is 22.4. The summed E-state index contributed by atoms with van der Waals surface area (Å²) in [4.78, 5) is 19.1. The molecule has 2 aliphatic heterocycles. The van der Waals surface area contributed by atoms with E-state index in [1.807, 2.05) is 0 Å². The number of hydrogen-bond acceptors (Lipinski definition) is 5. The lowest BCUT2D eigenvalue weighted by Crippen LogP contribution is -2.54. The minimum atomic E-state index is -3.18. The number of imidazole rings is 1. The van der Waals surface area contributed by atoms with Gasteiger partial charge in [0.2, 0.25) is 0 Å². The van der Waals surface area contributed by atoms with Gasteiger partial charge in [-0.05, 0) is 60.9 Å². The van der Waals surface area contributed by atoms with Gasteiger partial charge in [0.05, 0.1) is 35.8 Å². The first-order valence-corrected chi connectivity index (χ1v) is 15.7. The Morgan fingerprint density at radius 3 is 2.40 bits per heavy atom. The summed E-state index contributed by atoms with van der Waals surface area (Å²) >= 11 is 0. The number of carbonyl (C=O) groups excluding carboxylic acids is 1. The molecule has 0 fully saturated rings. The van der Waals surface area contributed by atoms with Gasteiger partial charge in [-0.15, -0.1) is 0 Å². The SMILES string of the molecule is [B]C([B])(O)N1C(=O)c2cccc(OC(F)F)c2C2CC1c1nc3ccc(-c4cc(F)c(CP(C)(C)=O)c(F)c4)cc3n12. The molecule has 4 aromatic rings. The van der Waals surface area contributed by atoms with Gasteiger partial charge in [-0.1, -0.05) is 12.1 Å². The average molecular weight is 593 g/mol. The minimum absolute atomic E-state index is 0.0394. The van der Waals surface area contributed by atoms with Gasteiger partial charge in [0, 0.05) is 29.3 Å². The third kappa shape index (κ3) is 4.72. The Bertz CT molecular complexity index is 1800. The molecule has 2 unspecified atom stereocenters. The number of aliphatic hydroxyl groups is 1. The second kappa shape index (κ2) is 9.74. The smallest absolute Gasteiger partial charge is 0.387 e. The second-order valence-electron chi connectivity index (χ2n) is 11.0. The Morgan fingerprint density at radius 2 is 1.79 bits per heavy atom. The number of amides is 1. The van der Waals surface area contributed by atoms with Crippen LogP contribution in [-0.2, 0) is 10.7 Å². The molecule has 4 radical (unpaired) electrons. The molecule has 2 aliphatic rings. The summed E-state index contributed by atoms with van der Waals surface area (Å²) in [7, 11) is 8.89. The van der Waals surface area contributed by atoms with Gasteiger partial charge in [0.25, 0.3) is 5.91 Å². The van der Waals surface area contributed by atoms with E-state index in [4.69, 9.17) is 20.4 Å². The topological polar surface area (TPSA) is 84.7 Å². The number of benzene rings is 3. The Hall–Kier alpha value is -3.56. The summed E-state index contributed by atoms with van der Waals surface area (Å²) in [6.07, 6.45) is -0.150. The van der Waals surface area contributed by atoms with Gasteiger partial charge in [0.15, 0.2) is 0 Å². The van der Waals surface area contributed by atoms with Gasteiger partial charge >= 0.3 is 6.61 Å². The van der Waals surface area contributed by atoms with Crippen LogP contribution in [0.3, 0.4) is 0 Å². The largest absolute Gasteiger partial charge is 0.434 e. The number of rotatable bonds is 6. The number of halogens is 4. The predicted molar refractivity (Wildman–Crippen MR) is 149 cm³/mol. The predicted octanol–water partition coefficient (Wildman–Crippen LogP) is 5.14. The fourth-order valence-corrected chi connectivity index (χ4v) is 7.07. The molecule has 42 heavy (non-hydrogen) atoms. The maximum absolute atomic E-state index is 15.0. The van der Waals surface area contributed by atoms with Crippen LogP contribution in [0.5, 0.6) is 5.75 Å². The van der Waals surface area contributed by atoms with Crippen molar-refractivity contribution in [2.75, 3.05) is 13.3 Å². The van der Waals surface area contributed by atoms with Crippen molar-refractivity contribution in [2.24, 2.45) is 0 Å². The quantitative estimate of drug-likeness (QED) is 0.190. The highest BCUT2D eigenvalue weighted by molar-refractivity contribution is 7.61. The summed E-state index contributed by atoms with van der Waals surface area (Å²) in [6, 6.07) is 9.54. The summed E-state index contributed by atoms with van der Waals surface area (Å²) in [5.74, 6) is -2.42. The molecular formula is C28H22B2F4N3O4P. The van der Waals surface area contributed by atoms with Gasteiger partial charge in [0.1, 0.15) is 38.9 Å². The lowest BCUT2D eigenvalue weighted by atomic mass is 9.71. The molecule has 14 heteroatoms. The number of aromatic nitrogens is 2. The third-order valence-corrected chi connectivity index (χ3v) is 8.63. The molecule has 2 atom stereocenters. The van der Waals surface area contributed by atoms with Crippen molar-refractivity contribution in [2.45, 2.75) is 36.8 Å². The monoisotopic (exact) mass is 593 g/mol. The molecule has 6 rings (SSSR count). The molecular weight excluding hydrogens is 571 g/mol. The van der Waals surface area contributed by atoms with Crippen molar-refractivity contribution < 1.29 is 36.8 Å². The van der Waals surface area contributed by atoms with Crippen LogP contribution in [0.1, 0.15) is 45.8 Å². The summed E-state index contributed by atoms with van der Waals surface area (Å²) in [6.45, 7) is -0.280. The Balaban J connectivity index is 1.55. The van der Waals surface area contributed by atoms with E-state index in [1.165, 1.54) is 31.5 Å². The van der Waals surface area contributed by atoms with Crippen molar-refractivity contribution >= 4 is 39.8 Å². The van der Waals surface area contributed by atoms with E-state index >= 15 is 0 Å². The molecule has 212 valence electrons. The minimum Gasteiger partial charge on any atom is -0.434 e. The van der Waals surface area contributed by atoms with E-state index in [-0.39, 0.29) is 46.4 Å². The number of ether oxygens (including phenoxy) is 1. The van der Waals surface area contributed by atoms with Crippen LogP contribution in [0.4, 0.5) is 17.6 Å². The van der Waals surface area contributed by atoms with Crippen LogP contribution in [0.15, 0.2) is 48.5 Å². The average Bonchev–Trinajstić information content (AvgIpc) is 3.37. The van der Waals surface area contributed by atoms with Crippen molar-refractivity contribution in [3.8, 4) is 16.9 Å². The van der Waals surface area contributed by atoms with Gasteiger partial charge in [-0.2, -0.15) is 8.78 Å². The van der Waals surface area contributed by atoms with E-state index in [9.17, 15) is 32.0 Å². The van der Waals surface area contributed by atoms with E-state index in [0.717, 1.165) is 17.0 Å². The molecule has 0 saturated carbocycles. The lowest BCUT2D eigenvalue weighted by Gasteiger charge is -2.39. The Morgan fingerprint density at radius 1 is 1.10 bits per heavy atom. The highest BCUT2D eigenvalue weighted by Crippen LogP contribution is 2.51. The van der Waals surface area contributed by atoms with E-state index in [1.54, 1.807) is 22.8 Å². The van der Waals surface area contributed by atoms with E-state index < -0.39 is 48.9 Å². The maximum Gasteiger partial charge on any atom is 0.387 e. The van der Waals surface area contributed by atoms with Crippen LogP contribution in [0.25, 0.3) is 22.2 Å². The third-order valence-electron chi connectivity index (χ3n) is 7.55. The van der Waals surface area contributed by atoms with Crippen LogP contribution in [-0.4, -0.2) is 66.6 Å². The highest BCUT2D eigenvalue weighted by atomic mass is 31.2. The van der Waals surface area contributed by atoms with Crippen LogP contribution in [0, 0.1) is 11.6 Å². The van der Waals surface area contributed by atoms with E-state index in [0.29, 0.717) is 16.6 Å². The van der Waals surface area contributed by atoms with Gasteiger partial charge < -0.3 is 23.9 Å². The van der Waals surface area contributed by atoms with Crippen LogP contribution in [0.2, 0.25) is 0 Å². The maximum atomic E-state index is 15.0. The van der Waals surface area contributed by atoms with E-state index in [2.05, 4.69) is 4.98 Å². The molecule has 2 bridgehead atoms. The standard InChI is InChI=1S/C28H22B2F4N3O4P/c1-42(2,40)12-16-17(31)8-14(9-18(16)32)13-6-7-19-20(10-13)36-21-11-22(25(36)35-19)37(28(29,30)39)26(38)15-4-3-5-23(24(15)21)41-27(33)34/h3-10,21-22,27,39H,11-12H2,1-2H3. The van der Waals surface area contributed by atoms with Gasteiger partial charge in [-0.25, -0.2) is 13.8 Å². The summed E-state index contributed by atoms with van der Waals surface area (Å²) in [5.41, 5.74) is -1.25. The van der Waals surface area contributed by atoms with Crippen molar-refractivity contribution in [3.63, 3.8) is 0 Å². The fourth-order valence-electron chi connectivity index (χ4n) is 6.00. The molecule has 7 nitrogen and oxygen atoms in total. The highest BCUT2D eigenvalue weighted by Gasteiger charge is 2.49. The van der Waals surface area contributed by atoms with Crippen molar-refractivity contribution in [1.29, 1.82) is 0 Å².